The first-order valence-corrected chi connectivity index (χ1v) is 7.48. The summed E-state index contributed by atoms with van der Waals surface area (Å²) in [5.74, 6) is -0.767. The minimum atomic E-state index is -3.88. The number of nitrogens with zero attached hydrogens (tertiary/aromatic N) is 2. The van der Waals surface area contributed by atoms with Crippen LogP contribution in [0.1, 0.15) is 26.3 Å². The van der Waals surface area contributed by atoms with Crippen LogP contribution in [-0.2, 0) is 10.0 Å². The topological polar surface area (TPSA) is 81.4 Å². The lowest BCUT2D eigenvalue weighted by Crippen LogP contribution is -2.42. The van der Waals surface area contributed by atoms with Crippen molar-refractivity contribution in [3.8, 4) is 6.07 Å². The van der Waals surface area contributed by atoms with Gasteiger partial charge in [0.15, 0.2) is 0 Å². The average Bonchev–Trinajstić information content (AvgIpc) is 2.35. The van der Waals surface area contributed by atoms with E-state index in [1.807, 2.05) is 0 Å². The number of halogens is 1. The maximum atomic E-state index is 13.2. The standard InChI is InChI=1S/C13H17FN2O3S/c1-4-16(9-13(2,3)17)20(18,19)11-5-6-12(14)10(7-11)8-15/h5-7,17H,4,9H2,1-3H3. The van der Waals surface area contributed by atoms with Crippen LogP contribution in [0.5, 0.6) is 0 Å². The Morgan fingerprint density at radius 1 is 1.45 bits per heavy atom. The molecule has 1 aromatic carbocycles. The van der Waals surface area contributed by atoms with Crippen LogP contribution in [0.15, 0.2) is 23.1 Å². The van der Waals surface area contributed by atoms with Gasteiger partial charge in [-0.1, -0.05) is 6.92 Å². The highest BCUT2D eigenvalue weighted by Crippen LogP contribution is 2.20. The summed E-state index contributed by atoms with van der Waals surface area (Å²) in [6.45, 7) is 4.70. The first-order valence-electron chi connectivity index (χ1n) is 6.04. The zero-order valence-corrected chi connectivity index (χ0v) is 12.4. The lowest BCUT2D eigenvalue weighted by Gasteiger charge is -2.27. The van der Waals surface area contributed by atoms with Gasteiger partial charge in [-0.15, -0.1) is 0 Å². The van der Waals surface area contributed by atoms with Gasteiger partial charge in [0, 0.05) is 13.1 Å². The van der Waals surface area contributed by atoms with Gasteiger partial charge in [0.05, 0.1) is 16.1 Å². The van der Waals surface area contributed by atoms with Gasteiger partial charge in [0.1, 0.15) is 11.9 Å². The van der Waals surface area contributed by atoms with Crippen molar-refractivity contribution in [2.45, 2.75) is 31.3 Å². The van der Waals surface area contributed by atoms with Crippen molar-refractivity contribution >= 4 is 10.0 Å². The summed E-state index contributed by atoms with van der Waals surface area (Å²) in [6, 6.07) is 4.66. The van der Waals surface area contributed by atoms with Crippen molar-refractivity contribution in [2.24, 2.45) is 0 Å². The summed E-state index contributed by atoms with van der Waals surface area (Å²) < 4.78 is 39.1. The molecule has 0 saturated carbocycles. The Morgan fingerprint density at radius 3 is 2.50 bits per heavy atom. The highest BCUT2D eigenvalue weighted by Gasteiger charge is 2.28. The second-order valence-corrected chi connectivity index (χ2v) is 6.94. The van der Waals surface area contributed by atoms with Crippen LogP contribution < -0.4 is 0 Å². The maximum Gasteiger partial charge on any atom is 0.243 e. The summed E-state index contributed by atoms with van der Waals surface area (Å²) in [5.41, 5.74) is -1.52. The molecule has 1 rings (SSSR count). The number of likely N-dealkylation sites (N-methyl/N-ethyl adjacent to an activating group) is 1. The van der Waals surface area contributed by atoms with Crippen molar-refractivity contribution in [3.63, 3.8) is 0 Å². The molecule has 0 bridgehead atoms. The summed E-state index contributed by atoms with van der Waals surface area (Å²) in [6.07, 6.45) is 0. The van der Waals surface area contributed by atoms with Gasteiger partial charge in [-0.3, -0.25) is 0 Å². The minimum absolute atomic E-state index is 0.0922. The second-order valence-electron chi connectivity index (χ2n) is 5.00. The van der Waals surface area contributed by atoms with Crippen molar-refractivity contribution in [3.05, 3.63) is 29.6 Å². The predicted octanol–water partition coefficient (Wildman–Crippen LogP) is 1.48. The summed E-state index contributed by atoms with van der Waals surface area (Å²) in [5, 5.41) is 18.5. The molecule has 0 aliphatic carbocycles. The molecule has 0 fully saturated rings. The van der Waals surface area contributed by atoms with Gasteiger partial charge in [-0.2, -0.15) is 9.57 Å². The molecular weight excluding hydrogens is 283 g/mol. The Hall–Kier alpha value is -1.49. The fraction of sp³-hybridized carbons (Fsp3) is 0.462. The first-order chi connectivity index (χ1) is 9.11. The van der Waals surface area contributed by atoms with E-state index in [0.29, 0.717) is 0 Å². The fourth-order valence-corrected chi connectivity index (χ4v) is 3.33. The van der Waals surface area contributed by atoms with Crippen LogP contribution in [0.3, 0.4) is 0 Å². The molecule has 0 heterocycles. The average molecular weight is 300 g/mol. The van der Waals surface area contributed by atoms with Gasteiger partial charge in [0.2, 0.25) is 10.0 Å². The number of benzene rings is 1. The minimum Gasteiger partial charge on any atom is -0.389 e. The molecule has 0 atom stereocenters. The van der Waals surface area contributed by atoms with E-state index in [4.69, 9.17) is 5.26 Å². The van der Waals surface area contributed by atoms with Crippen LogP contribution in [0, 0.1) is 17.1 Å². The largest absolute Gasteiger partial charge is 0.389 e. The van der Waals surface area contributed by atoms with Gasteiger partial charge in [0.25, 0.3) is 0 Å². The molecule has 20 heavy (non-hydrogen) atoms. The van der Waals surface area contributed by atoms with E-state index in [1.54, 1.807) is 13.0 Å². The van der Waals surface area contributed by atoms with E-state index in [9.17, 15) is 17.9 Å². The van der Waals surface area contributed by atoms with Crippen molar-refractivity contribution in [1.82, 2.24) is 4.31 Å². The molecule has 0 aliphatic heterocycles. The van der Waals surface area contributed by atoms with Gasteiger partial charge in [-0.05, 0) is 32.0 Å². The molecule has 0 saturated heterocycles. The van der Waals surface area contributed by atoms with E-state index >= 15 is 0 Å². The third-order valence-electron chi connectivity index (χ3n) is 2.61. The summed E-state index contributed by atoms with van der Waals surface area (Å²) in [7, 11) is -3.88. The van der Waals surface area contributed by atoms with E-state index in [-0.39, 0.29) is 23.5 Å². The number of nitriles is 1. The Labute approximate surface area is 118 Å². The van der Waals surface area contributed by atoms with Crippen LogP contribution in [-0.4, -0.2) is 36.5 Å². The van der Waals surface area contributed by atoms with Crippen molar-refractivity contribution in [1.29, 1.82) is 5.26 Å². The monoisotopic (exact) mass is 300 g/mol. The quantitative estimate of drug-likeness (QED) is 0.893. The number of sulfonamides is 1. The third-order valence-corrected chi connectivity index (χ3v) is 4.53. The Balaban J connectivity index is 3.25. The molecule has 0 radical (unpaired) electrons. The summed E-state index contributed by atoms with van der Waals surface area (Å²) in [4.78, 5) is -0.165. The highest BCUT2D eigenvalue weighted by molar-refractivity contribution is 7.89. The molecule has 7 heteroatoms. The van der Waals surface area contributed by atoms with Crippen LogP contribution in [0.4, 0.5) is 4.39 Å². The Kier molecular flexibility index (Phi) is 4.86. The van der Waals surface area contributed by atoms with Crippen molar-refractivity contribution in [2.75, 3.05) is 13.1 Å². The molecule has 0 amide bonds. The second kappa shape index (κ2) is 5.87. The van der Waals surface area contributed by atoms with Gasteiger partial charge in [-0.25, -0.2) is 12.8 Å². The predicted molar refractivity (Wildman–Crippen MR) is 71.8 cm³/mol. The van der Waals surface area contributed by atoms with E-state index < -0.39 is 21.4 Å². The Morgan fingerprint density at radius 2 is 2.05 bits per heavy atom. The lowest BCUT2D eigenvalue weighted by atomic mass is 10.1. The first kappa shape index (κ1) is 16.6. The number of aliphatic hydroxyl groups is 1. The normalized spacial score (nSPS) is 12.4. The number of hydrogen-bond donors (Lipinski definition) is 1. The fourth-order valence-electron chi connectivity index (χ4n) is 1.70. The zero-order chi connectivity index (χ0) is 15.6. The van der Waals surface area contributed by atoms with Crippen LogP contribution in [0.25, 0.3) is 0 Å². The zero-order valence-electron chi connectivity index (χ0n) is 11.6. The van der Waals surface area contributed by atoms with Gasteiger partial charge < -0.3 is 5.11 Å². The number of rotatable bonds is 5. The van der Waals surface area contributed by atoms with Crippen LogP contribution in [0.2, 0.25) is 0 Å². The lowest BCUT2D eigenvalue weighted by molar-refractivity contribution is 0.0601. The maximum absolute atomic E-state index is 13.2. The molecule has 0 unspecified atom stereocenters. The van der Waals surface area contributed by atoms with E-state index in [2.05, 4.69) is 0 Å². The highest BCUT2D eigenvalue weighted by atomic mass is 32.2. The van der Waals surface area contributed by atoms with E-state index in [1.165, 1.54) is 13.8 Å². The summed E-state index contributed by atoms with van der Waals surface area (Å²) >= 11 is 0. The van der Waals surface area contributed by atoms with E-state index in [0.717, 1.165) is 22.5 Å². The van der Waals surface area contributed by atoms with Crippen LogP contribution >= 0.6 is 0 Å². The number of hydrogen-bond acceptors (Lipinski definition) is 4. The molecule has 0 spiro atoms. The third kappa shape index (κ3) is 3.76. The molecule has 5 nitrogen and oxygen atoms in total. The molecule has 0 aliphatic rings. The smallest absolute Gasteiger partial charge is 0.243 e. The molecule has 1 N–H and O–H groups in total. The van der Waals surface area contributed by atoms with Crippen molar-refractivity contribution < 1.29 is 17.9 Å². The molecular formula is C13H17FN2O3S. The molecule has 0 aromatic heterocycles. The Bertz CT molecular complexity index is 630. The SMILES string of the molecule is CCN(CC(C)(C)O)S(=O)(=O)c1ccc(F)c(C#N)c1. The molecule has 1 aromatic rings. The van der Waals surface area contributed by atoms with Gasteiger partial charge >= 0.3 is 0 Å². The molecule has 110 valence electrons.